The molecule has 2 aromatic carbocycles. The van der Waals surface area contributed by atoms with Gasteiger partial charge in [0.05, 0.1) is 18.0 Å². The van der Waals surface area contributed by atoms with Crippen LogP contribution in [-0.2, 0) is 18.4 Å². The number of hydrogen-bond acceptors (Lipinski definition) is 7. The standard InChI is InChI=1S/C22H23FN6O3/c1-4-21(25-24-18-10-11-31-20-9-8-15(23)12-16(18)20)32-13-17-14(2)6-5-7-19(17)29-22(30)28(3)26-27-29/h5-9,12H,4,10-11,13H2,1-3H3/b24-18-,25-21+. The first-order valence-electron chi connectivity index (χ1n) is 10.2. The fourth-order valence-electron chi connectivity index (χ4n) is 3.36. The van der Waals surface area contributed by atoms with Crippen molar-refractivity contribution in [2.75, 3.05) is 6.61 Å². The molecule has 0 unspecified atom stereocenters. The summed E-state index contributed by atoms with van der Waals surface area (Å²) in [4.78, 5) is 12.3. The van der Waals surface area contributed by atoms with E-state index in [9.17, 15) is 9.18 Å². The molecule has 0 saturated carbocycles. The van der Waals surface area contributed by atoms with E-state index in [-0.39, 0.29) is 18.1 Å². The third-order valence-corrected chi connectivity index (χ3v) is 5.15. The van der Waals surface area contributed by atoms with E-state index < -0.39 is 0 Å². The Hall–Kier alpha value is -3.82. The summed E-state index contributed by atoms with van der Waals surface area (Å²) in [5, 5.41) is 16.3. The molecule has 166 valence electrons. The minimum absolute atomic E-state index is 0.177. The van der Waals surface area contributed by atoms with E-state index in [0.717, 1.165) is 15.8 Å². The van der Waals surface area contributed by atoms with Gasteiger partial charge < -0.3 is 9.47 Å². The lowest BCUT2D eigenvalue weighted by molar-refractivity contribution is 0.282. The second kappa shape index (κ2) is 9.13. The Morgan fingerprint density at radius 3 is 2.88 bits per heavy atom. The third-order valence-electron chi connectivity index (χ3n) is 5.15. The van der Waals surface area contributed by atoms with Gasteiger partial charge in [-0.25, -0.2) is 9.18 Å². The van der Waals surface area contributed by atoms with Gasteiger partial charge in [-0.3, -0.25) is 0 Å². The monoisotopic (exact) mass is 438 g/mol. The molecule has 0 amide bonds. The normalized spacial score (nSPS) is 14.9. The molecule has 1 aliphatic rings. The molecule has 2 heterocycles. The maximum Gasteiger partial charge on any atom is 0.368 e. The average molecular weight is 438 g/mol. The Morgan fingerprint density at radius 2 is 2.12 bits per heavy atom. The van der Waals surface area contributed by atoms with Gasteiger partial charge in [0.2, 0.25) is 5.90 Å². The first kappa shape index (κ1) is 21.4. The van der Waals surface area contributed by atoms with Crippen molar-refractivity contribution in [1.82, 2.24) is 19.8 Å². The highest BCUT2D eigenvalue weighted by Crippen LogP contribution is 2.26. The molecule has 9 nitrogen and oxygen atoms in total. The van der Waals surface area contributed by atoms with Crippen LogP contribution in [0, 0.1) is 12.7 Å². The molecule has 0 aliphatic carbocycles. The van der Waals surface area contributed by atoms with Crippen LogP contribution in [-0.4, -0.2) is 38.0 Å². The molecule has 10 heteroatoms. The van der Waals surface area contributed by atoms with Gasteiger partial charge in [-0.15, -0.1) is 5.10 Å². The summed E-state index contributed by atoms with van der Waals surface area (Å²) in [5.41, 5.74) is 3.22. The first-order valence-corrected chi connectivity index (χ1v) is 10.2. The van der Waals surface area contributed by atoms with Crippen molar-refractivity contribution < 1.29 is 13.9 Å². The minimum atomic E-state index is -0.357. The summed E-state index contributed by atoms with van der Waals surface area (Å²) >= 11 is 0. The van der Waals surface area contributed by atoms with E-state index in [1.54, 1.807) is 19.2 Å². The number of halogens is 1. The number of nitrogens with zero attached hydrogens (tertiary/aromatic N) is 6. The third kappa shape index (κ3) is 4.29. The Morgan fingerprint density at radius 1 is 1.28 bits per heavy atom. The van der Waals surface area contributed by atoms with E-state index in [4.69, 9.17) is 9.47 Å². The van der Waals surface area contributed by atoms with Gasteiger partial charge in [-0.2, -0.15) is 14.5 Å². The highest BCUT2D eigenvalue weighted by atomic mass is 19.1. The lowest BCUT2D eigenvalue weighted by Crippen LogP contribution is -2.23. The summed E-state index contributed by atoms with van der Waals surface area (Å²) in [6.45, 7) is 4.47. The topological polar surface area (TPSA) is 95.9 Å². The molecular weight excluding hydrogens is 415 g/mol. The summed E-state index contributed by atoms with van der Waals surface area (Å²) in [7, 11) is 1.54. The lowest BCUT2D eigenvalue weighted by Gasteiger charge is -2.18. The van der Waals surface area contributed by atoms with Crippen LogP contribution in [0.2, 0.25) is 0 Å². The summed E-state index contributed by atoms with van der Waals surface area (Å²) in [6, 6.07) is 9.91. The maximum atomic E-state index is 13.7. The number of rotatable bonds is 5. The fraction of sp³-hybridized carbons (Fsp3) is 0.318. The van der Waals surface area contributed by atoms with E-state index in [1.807, 2.05) is 26.0 Å². The van der Waals surface area contributed by atoms with E-state index in [2.05, 4.69) is 20.6 Å². The molecule has 0 N–H and O–H groups in total. The number of aryl methyl sites for hydroxylation is 2. The van der Waals surface area contributed by atoms with Crippen LogP contribution in [0.4, 0.5) is 4.39 Å². The number of fused-ring (bicyclic) bond motifs is 1. The van der Waals surface area contributed by atoms with Crippen molar-refractivity contribution >= 4 is 11.6 Å². The Balaban J connectivity index is 1.59. The number of tetrazole rings is 1. The largest absolute Gasteiger partial charge is 0.492 e. The van der Waals surface area contributed by atoms with Gasteiger partial charge in [0.25, 0.3) is 0 Å². The van der Waals surface area contributed by atoms with Gasteiger partial charge in [-0.1, -0.05) is 19.1 Å². The minimum Gasteiger partial charge on any atom is -0.492 e. The van der Waals surface area contributed by atoms with Crippen LogP contribution < -0.4 is 10.4 Å². The van der Waals surface area contributed by atoms with Crippen molar-refractivity contribution in [1.29, 1.82) is 0 Å². The van der Waals surface area contributed by atoms with Gasteiger partial charge in [0.1, 0.15) is 18.2 Å². The van der Waals surface area contributed by atoms with Gasteiger partial charge >= 0.3 is 5.69 Å². The number of benzene rings is 2. The van der Waals surface area contributed by atoms with Gasteiger partial charge in [0, 0.05) is 31.0 Å². The number of ether oxygens (including phenoxy) is 2. The molecule has 0 spiro atoms. The van der Waals surface area contributed by atoms with E-state index in [0.29, 0.717) is 48.1 Å². The fourth-order valence-corrected chi connectivity index (χ4v) is 3.36. The molecule has 3 aromatic rings. The van der Waals surface area contributed by atoms with Crippen molar-refractivity contribution in [2.24, 2.45) is 17.3 Å². The van der Waals surface area contributed by atoms with Gasteiger partial charge in [0.15, 0.2) is 0 Å². The maximum absolute atomic E-state index is 13.7. The molecule has 32 heavy (non-hydrogen) atoms. The molecule has 0 fully saturated rings. The SMILES string of the molecule is CC/C(=N\N=C1\CCOc2ccc(F)cc21)OCc1c(C)cccc1-n1nnn(C)c1=O. The van der Waals surface area contributed by atoms with Crippen molar-refractivity contribution in [2.45, 2.75) is 33.3 Å². The Labute approximate surface area is 183 Å². The molecular formula is C22H23FN6O3. The van der Waals surface area contributed by atoms with Crippen LogP contribution in [0.5, 0.6) is 5.75 Å². The second-order valence-electron chi connectivity index (χ2n) is 7.29. The molecule has 0 saturated heterocycles. The van der Waals surface area contributed by atoms with Crippen LogP contribution in [0.15, 0.2) is 51.4 Å². The predicted molar refractivity (Wildman–Crippen MR) is 117 cm³/mol. The second-order valence-corrected chi connectivity index (χ2v) is 7.29. The number of aromatic nitrogens is 4. The molecule has 0 atom stereocenters. The van der Waals surface area contributed by atoms with Crippen LogP contribution in [0.1, 0.15) is 36.5 Å². The zero-order chi connectivity index (χ0) is 22.7. The zero-order valence-electron chi connectivity index (χ0n) is 18.1. The average Bonchev–Trinajstić information content (AvgIpc) is 3.12. The molecule has 1 aromatic heterocycles. The van der Waals surface area contributed by atoms with Crippen molar-refractivity contribution in [3.8, 4) is 11.4 Å². The molecule has 1 aliphatic heterocycles. The number of hydrogen-bond donors (Lipinski definition) is 0. The summed E-state index contributed by atoms with van der Waals surface area (Å²) in [5.74, 6) is 0.649. The Kier molecular flexibility index (Phi) is 6.11. The first-order chi connectivity index (χ1) is 15.5. The highest BCUT2D eigenvalue weighted by Gasteiger charge is 2.18. The van der Waals surface area contributed by atoms with E-state index in [1.165, 1.54) is 16.8 Å². The molecule has 4 rings (SSSR count). The van der Waals surface area contributed by atoms with Crippen molar-refractivity contribution in [3.63, 3.8) is 0 Å². The summed E-state index contributed by atoms with van der Waals surface area (Å²) in [6.07, 6.45) is 1.03. The molecule has 0 radical (unpaired) electrons. The van der Waals surface area contributed by atoms with Gasteiger partial charge in [-0.05, 0) is 47.2 Å². The van der Waals surface area contributed by atoms with Crippen LogP contribution in [0.25, 0.3) is 5.69 Å². The Bertz CT molecular complexity index is 1260. The zero-order valence-corrected chi connectivity index (χ0v) is 18.1. The smallest absolute Gasteiger partial charge is 0.368 e. The van der Waals surface area contributed by atoms with Crippen LogP contribution in [0.3, 0.4) is 0 Å². The predicted octanol–water partition coefficient (Wildman–Crippen LogP) is 2.93. The molecule has 0 bridgehead atoms. The quantitative estimate of drug-likeness (QED) is 0.347. The van der Waals surface area contributed by atoms with Crippen LogP contribution >= 0.6 is 0 Å². The highest BCUT2D eigenvalue weighted by molar-refractivity contribution is 6.03. The lowest BCUT2D eigenvalue weighted by atomic mass is 10.0. The summed E-state index contributed by atoms with van der Waals surface area (Å²) < 4.78 is 27.6. The van der Waals surface area contributed by atoms with E-state index >= 15 is 0 Å². The van der Waals surface area contributed by atoms with Crippen molar-refractivity contribution in [3.05, 3.63) is 69.4 Å².